The van der Waals surface area contributed by atoms with Gasteiger partial charge in [-0.3, -0.25) is 10.2 Å². The summed E-state index contributed by atoms with van der Waals surface area (Å²) in [7, 11) is 0. The molecule has 0 bridgehead atoms. The van der Waals surface area contributed by atoms with E-state index in [1.54, 1.807) is 16.3 Å². The number of thiocarbonyl (C=S) groups is 1. The quantitative estimate of drug-likeness (QED) is 0.783. The Bertz CT molecular complexity index is 851. The second kappa shape index (κ2) is 5.88. The highest BCUT2D eigenvalue weighted by molar-refractivity contribution is 7.80. The molecule has 2 aromatic rings. The molecule has 7 nitrogen and oxygen atoms in total. The molecule has 2 saturated heterocycles. The fourth-order valence-electron chi connectivity index (χ4n) is 3.71. The first kappa shape index (κ1) is 17.2. The van der Waals surface area contributed by atoms with Gasteiger partial charge in [0.15, 0.2) is 10.9 Å². The Labute approximate surface area is 161 Å². The van der Waals surface area contributed by atoms with Gasteiger partial charge in [-0.25, -0.2) is 5.01 Å². The molecule has 1 amide bonds. The summed E-state index contributed by atoms with van der Waals surface area (Å²) in [6.07, 6.45) is 0.722. The highest BCUT2D eigenvalue weighted by Gasteiger charge is 2.55. The first-order valence-corrected chi connectivity index (χ1v) is 9.64. The molecule has 4 rings (SSSR count). The Hall–Kier alpha value is -2.26. The maximum absolute atomic E-state index is 12.6. The van der Waals surface area contributed by atoms with E-state index in [0.717, 1.165) is 17.0 Å². The van der Waals surface area contributed by atoms with Gasteiger partial charge in [0.25, 0.3) is 5.91 Å². The van der Waals surface area contributed by atoms with Crippen molar-refractivity contribution in [3.05, 3.63) is 29.6 Å². The molecule has 4 heterocycles. The largest absolute Gasteiger partial charge is 0.357 e. The number of carbonyl (C=O) groups is 1. The number of fused-ring (bicyclic) bond motifs is 1. The topological polar surface area (TPSA) is 73.4 Å². The van der Waals surface area contributed by atoms with Crippen LogP contribution in [-0.4, -0.2) is 48.9 Å². The molecule has 0 aromatic carbocycles. The number of amides is 1. The Morgan fingerprint density at radius 3 is 2.73 bits per heavy atom. The molecule has 136 valence electrons. The number of hydrogen-bond donors (Lipinski definition) is 2. The molecule has 9 heteroatoms. The standard InChI is InChI=1S/C17H20N6OS2/c1-16(2)10-17(3)22(15(25)18-16)9-14(24)23(17)21-13-7-6-11(19-20-13)12-5-4-8-26-12/h4-8H,9-10H2,1-3H3,(H,18,25)(H,20,21)/t17-/m0/s1. The predicted molar refractivity (Wildman–Crippen MR) is 105 cm³/mol. The molecule has 2 fully saturated rings. The smallest absolute Gasteiger partial charge is 0.262 e. The molecule has 1 atom stereocenters. The van der Waals surface area contributed by atoms with E-state index in [-0.39, 0.29) is 18.0 Å². The zero-order chi connectivity index (χ0) is 18.5. The summed E-state index contributed by atoms with van der Waals surface area (Å²) in [6, 6.07) is 7.72. The third-order valence-corrected chi connectivity index (χ3v) is 5.95. The van der Waals surface area contributed by atoms with Crippen molar-refractivity contribution < 1.29 is 4.79 Å². The monoisotopic (exact) mass is 388 g/mol. The molecule has 2 aliphatic heterocycles. The van der Waals surface area contributed by atoms with Crippen LogP contribution >= 0.6 is 23.6 Å². The van der Waals surface area contributed by atoms with Crippen LogP contribution in [-0.2, 0) is 4.79 Å². The number of anilines is 1. The SMILES string of the molecule is CC1(C)C[C@@]2(C)N(CC(=O)N2Nc2ccc(-c3cccs3)nn2)C(=S)N1. The lowest BCUT2D eigenvalue weighted by Gasteiger charge is -2.51. The second-order valence-corrected chi connectivity index (χ2v) is 8.75. The number of nitrogens with one attached hydrogen (secondary N) is 2. The minimum absolute atomic E-state index is 0.0431. The minimum atomic E-state index is -0.559. The minimum Gasteiger partial charge on any atom is -0.357 e. The van der Waals surface area contributed by atoms with Gasteiger partial charge in [-0.2, -0.15) is 0 Å². The van der Waals surface area contributed by atoms with Crippen LogP contribution in [0.1, 0.15) is 27.2 Å². The van der Waals surface area contributed by atoms with Gasteiger partial charge < -0.3 is 10.2 Å². The highest BCUT2D eigenvalue weighted by Crippen LogP contribution is 2.38. The van der Waals surface area contributed by atoms with E-state index in [1.807, 2.05) is 41.5 Å². The van der Waals surface area contributed by atoms with E-state index in [9.17, 15) is 4.79 Å². The van der Waals surface area contributed by atoms with Crippen molar-refractivity contribution in [2.75, 3.05) is 12.0 Å². The zero-order valence-corrected chi connectivity index (χ0v) is 16.4. The normalized spacial score (nSPS) is 24.4. The van der Waals surface area contributed by atoms with Crippen LogP contribution in [0.15, 0.2) is 29.6 Å². The fourth-order valence-corrected chi connectivity index (χ4v) is 4.94. The highest BCUT2D eigenvalue weighted by atomic mass is 32.1. The van der Waals surface area contributed by atoms with Crippen molar-refractivity contribution in [2.45, 2.75) is 38.4 Å². The Morgan fingerprint density at radius 1 is 1.27 bits per heavy atom. The number of nitrogens with zero attached hydrogens (tertiary/aromatic N) is 4. The second-order valence-electron chi connectivity index (χ2n) is 7.42. The summed E-state index contributed by atoms with van der Waals surface area (Å²) in [5.41, 5.74) is 3.20. The fraction of sp³-hybridized carbons (Fsp3) is 0.412. The van der Waals surface area contributed by atoms with Crippen molar-refractivity contribution in [3.63, 3.8) is 0 Å². The maximum atomic E-state index is 12.6. The zero-order valence-electron chi connectivity index (χ0n) is 14.8. The molecular formula is C17H20N6OS2. The number of hydrogen-bond acceptors (Lipinski definition) is 6. The lowest BCUT2D eigenvalue weighted by Crippen LogP contribution is -2.68. The van der Waals surface area contributed by atoms with Gasteiger partial charge in [-0.1, -0.05) is 6.07 Å². The van der Waals surface area contributed by atoms with Crippen LogP contribution in [0.2, 0.25) is 0 Å². The number of hydrazine groups is 1. The summed E-state index contributed by atoms with van der Waals surface area (Å²) >= 11 is 7.09. The average Bonchev–Trinajstić information content (AvgIpc) is 3.17. The van der Waals surface area contributed by atoms with Crippen molar-refractivity contribution in [1.29, 1.82) is 0 Å². The van der Waals surface area contributed by atoms with Gasteiger partial charge >= 0.3 is 0 Å². The van der Waals surface area contributed by atoms with Crippen molar-refractivity contribution >= 4 is 40.4 Å². The first-order valence-electron chi connectivity index (χ1n) is 8.36. The van der Waals surface area contributed by atoms with Crippen LogP contribution in [0.3, 0.4) is 0 Å². The molecule has 2 aromatic heterocycles. The maximum Gasteiger partial charge on any atom is 0.262 e. The number of thiophene rings is 1. The average molecular weight is 389 g/mol. The molecule has 0 spiro atoms. The molecule has 0 aliphatic carbocycles. The Morgan fingerprint density at radius 2 is 2.08 bits per heavy atom. The van der Waals surface area contributed by atoms with Crippen LogP contribution in [0.4, 0.5) is 5.82 Å². The van der Waals surface area contributed by atoms with Crippen LogP contribution < -0.4 is 10.7 Å². The van der Waals surface area contributed by atoms with Gasteiger partial charge in [0.1, 0.15) is 17.9 Å². The van der Waals surface area contributed by atoms with E-state index in [0.29, 0.717) is 10.9 Å². The number of aromatic nitrogens is 2. The number of carbonyl (C=O) groups excluding carboxylic acids is 1. The Kier molecular flexibility index (Phi) is 3.89. The summed E-state index contributed by atoms with van der Waals surface area (Å²) < 4.78 is 0. The summed E-state index contributed by atoms with van der Waals surface area (Å²) in [5.74, 6) is 0.488. The van der Waals surface area contributed by atoms with Crippen LogP contribution in [0, 0.1) is 0 Å². The molecule has 2 N–H and O–H groups in total. The Balaban J connectivity index is 1.59. The van der Waals surface area contributed by atoms with E-state index >= 15 is 0 Å². The van der Waals surface area contributed by atoms with E-state index in [2.05, 4.69) is 34.8 Å². The third-order valence-electron chi connectivity index (χ3n) is 4.74. The third kappa shape index (κ3) is 2.80. The van der Waals surface area contributed by atoms with Crippen molar-refractivity contribution in [2.24, 2.45) is 0 Å². The molecule has 26 heavy (non-hydrogen) atoms. The molecule has 2 aliphatic rings. The number of rotatable bonds is 3. The lowest BCUT2D eigenvalue weighted by atomic mass is 9.89. The molecule has 0 unspecified atom stereocenters. The van der Waals surface area contributed by atoms with Crippen molar-refractivity contribution in [1.82, 2.24) is 25.4 Å². The van der Waals surface area contributed by atoms with Gasteiger partial charge in [0.2, 0.25) is 0 Å². The van der Waals surface area contributed by atoms with Gasteiger partial charge in [-0.05, 0) is 56.6 Å². The van der Waals surface area contributed by atoms with Gasteiger partial charge in [0.05, 0.1) is 4.88 Å². The van der Waals surface area contributed by atoms with E-state index < -0.39 is 5.66 Å². The van der Waals surface area contributed by atoms with Crippen LogP contribution in [0.5, 0.6) is 0 Å². The molecule has 0 saturated carbocycles. The van der Waals surface area contributed by atoms with E-state index in [4.69, 9.17) is 12.2 Å². The van der Waals surface area contributed by atoms with E-state index in [1.165, 1.54) is 0 Å². The van der Waals surface area contributed by atoms with Gasteiger partial charge in [0, 0.05) is 12.0 Å². The summed E-state index contributed by atoms with van der Waals surface area (Å²) in [6.45, 7) is 6.43. The lowest BCUT2D eigenvalue weighted by molar-refractivity contribution is -0.129. The first-order chi connectivity index (χ1) is 12.3. The summed E-state index contributed by atoms with van der Waals surface area (Å²) in [4.78, 5) is 15.6. The molecular weight excluding hydrogens is 368 g/mol. The van der Waals surface area contributed by atoms with Gasteiger partial charge in [-0.15, -0.1) is 21.5 Å². The summed E-state index contributed by atoms with van der Waals surface area (Å²) in [5, 5.41) is 16.0. The molecule has 0 radical (unpaired) electrons. The van der Waals surface area contributed by atoms with Crippen LogP contribution in [0.25, 0.3) is 10.6 Å². The van der Waals surface area contributed by atoms with Crippen molar-refractivity contribution in [3.8, 4) is 10.6 Å². The predicted octanol–water partition coefficient (Wildman–Crippen LogP) is 2.45.